The number of carbonyl (C=O) groups is 1. The standard InChI is InChI=1S/C15H25ClN2O4S/c16-23(20,21)13-10-14(19)17(11-13)12-15(4-2-1-3-5-15)18-6-8-22-9-7-18/h13H,1-12H2. The van der Waals surface area contributed by atoms with Crippen LogP contribution in [0.2, 0.25) is 0 Å². The van der Waals surface area contributed by atoms with Crippen LogP contribution in [0.4, 0.5) is 0 Å². The third kappa shape index (κ3) is 3.83. The van der Waals surface area contributed by atoms with Gasteiger partial charge in [-0.25, -0.2) is 8.42 Å². The van der Waals surface area contributed by atoms with Crippen molar-refractivity contribution >= 4 is 25.6 Å². The van der Waals surface area contributed by atoms with Crippen molar-refractivity contribution in [1.82, 2.24) is 9.80 Å². The summed E-state index contributed by atoms with van der Waals surface area (Å²) in [5.74, 6) is -0.0857. The topological polar surface area (TPSA) is 66.9 Å². The van der Waals surface area contributed by atoms with Crippen molar-refractivity contribution < 1.29 is 17.9 Å². The fraction of sp³-hybridized carbons (Fsp3) is 0.933. The maximum Gasteiger partial charge on any atom is 0.237 e. The number of rotatable bonds is 4. The first-order chi connectivity index (χ1) is 10.9. The van der Waals surface area contributed by atoms with Crippen molar-refractivity contribution in [3.05, 3.63) is 0 Å². The summed E-state index contributed by atoms with van der Waals surface area (Å²) in [5, 5.41) is -0.762. The molecule has 1 aliphatic carbocycles. The number of halogens is 1. The first-order valence-electron chi connectivity index (χ1n) is 8.45. The second-order valence-corrected chi connectivity index (χ2v) is 9.87. The molecular formula is C15H25ClN2O4S. The van der Waals surface area contributed by atoms with Crippen molar-refractivity contribution in [3.8, 4) is 0 Å². The summed E-state index contributed by atoms with van der Waals surface area (Å²) in [6.45, 7) is 4.09. The lowest BCUT2D eigenvalue weighted by atomic mass is 9.79. The number of nitrogens with zero attached hydrogens (tertiary/aromatic N) is 2. The Morgan fingerprint density at radius 1 is 1.17 bits per heavy atom. The Morgan fingerprint density at radius 3 is 2.39 bits per heavy atom. The molecule has 0 spiro atoms. The van der Waals surface area contributed by atoms with Crippen LogP contribution in [0, 0.1) is 0 Å². The summed E-state index contributed by atoms with van der Waals surface area (Å²) in [6.07, 6.45) is 5.71. The predicted octanol–water partition coefficient (Wildman–Crippen LogP) is 1.19. The van der Waals surface area contributed by atoms with E-state index >= 15 is 0 Å². The molecule has 0 aromatic carbocycles. The number of amides is 1. The molecule has 2 aliphatic heterocycles. The zero-order valence-corrected chi connectivity index (χ0v) is 14.9. The maximum atomic E-state index is 12.3. The van der Waals surface area contributed by atoms with Gasteiger partial charge in [-0.3, -0.25) is 9.69 Å². The van der Waals surface area contributed by atoms with Crippen molar-refractivity contribution in [3.63, 3.8) is 0 Å². The molecule has 2 saturated heterocycles. The zero-order chi connectivity index (χ0) is 16.5. The molecule has 23 heavy (non-hydrogen) atoms. The number of ether oxygens (including phenoxy) is 1. The van der Waals surface area contributed by atoms with Crippen molar-refractivity contribution in [2.75, 3.05) is 39.4 Å². The Balaban J connectivity index is 1.75. The molecule has 6 nitrogen and oxygen atoms in total. The van der Waals surface area contributed by atoms with Gasteiger partial charge in [-0.05, 0) is 12.8 Å². The highest BCUT2D eigenvalue weighted by atomic mass is 35.7. The normalized spacial score (nSPS) is 29.9. The number of likely N-dealkylation sites (tertiary alicyclic amines) is 1. The van der Waals surface area contributed by atoms with E-state index in [0.29, 0.717) is 6.54 Å². The first-order valence-corrected chi connectivity index (χ1v) is 10.8. The lowest BCUT2D eigenvalue weighted by molar-refractivity contribution is -0.131. The van der Waals surface area contributed by atoms with E-state index in [0.717, 1.165) is 52.0 Å². The summed E-state index contributed by atoms with van der Waals surface area (Å²) in [7, 11) is 1.78. The SMILES string of the molecule is O=C1CC(S(=O)(=O)Cl)CN1CC1(N2CCOCC2)CCCCC1. The third-order valence-corrected chi connectivity index (χ3v) is 7.40. The van der Waals surface area contributed by atoms with Crippen LogP contribution >= 0.6 is 10.7 Å². The van der Waals surface area contributed by atoms with Crippen LogP contribution in [0.5, 0.6) is 0 Å². The molecule has 0 bridgehead atoms. The summed E-state index contributed by atoms with van der Waals surface area (Å²) < 4.78 is 28.6. The van der Waals surface area contributed by atoms with Crippen LogP contribution in [-0.2, 0) is 18.6 Å². The van der Waals surface area contributed by atoms with Gasteiger partial charge in [0.2, 0.25) is 15.0 Å². The monoisotopic (exact) mass is 364 g/mol. The highest BCUT2D eigenvalue weighted by Crippen LogP contribution is 2.36. The molecule has 1 atom stereocenters. The Hall–Kier alpha value is -0.370. The van der Waals surface area contributed by atoms with E-state index in [4.69, 9.17) is 15.4 Å². The van der Waals surface area contributed by atoms with Gasteiger partial charge in [-0.2, -0.15) is 0 Å². The van der Waals surface area contributed by atoms with E-state index in [-0.39, 0.29) is 24.4 Å². The third-order valence-electron chi connectivity index (χ3n) is 5.53. The maximum absolute atomic E-state index is 12.3. The molecule has 1 amide bonds. The molecule has 8 heteroatoms. The summed E-state index contributed by atoms with van der Waals surface area (Å²) in [6, 6.07) is 0. The van der Waals surface area contributed by atoms with Crippen LogP contribution in [0.15, 0.2) is 0 Å². The molecule has 0 N–H and O–H groups in total. The highest BCUT2D eigenvalue weighted by molar-refractivity contribution is 8.14. The minimum absolute atomic E-state index is 0.0189. The molecule has 1 saturated carbocycles. The van der Waals surface area contributed by atoms with Crippen LogP contribution in [0.25, 0.3) is 0 Å². The Morgan fingerprint density at radius 2 is 1.83 bits per heavy atom. The van der Waals surface area contributed by atoms with E-state index in [1.807, 2.05) is 0 Å². The first kappa shape index (κ1) is 17.5. The molecule has 3 aliphatic rings. The van der Waals surface area contributed by atoms with Gasteiger partial charge in [0.1, 0.15) is 5.25 Å². The average Bonchev–Trinajstić information content (AvgIpc) is 2.90. The minimum Gasteiger partial charge on any atom is -0.379 e. The van der Waals surface area contributed by atoms with Gasteiger partial charge in [0.25, 0.3) is 0 Å². The number of carbonyl (C=O) groups excluding carboxylic acids is 1. The van der Waals surface area contributed by atoms with E-state index in [2.05, 4.69) is 4.90 Å². The Bertz CT molecular complexity index is 542. The quantitative estimate of drug-likeness (QED) is 0.701. The van der Waals surface area contributed by atoms with Crippen LogP contribution in [-0.4, -0.2) is 74.3 Å². The molecule has 3 rings (SSSR count). The smallest absolute Gasteiger partial charge is 0.237 e. The second-order valence-electron chi connectivity index (χ2n) is 6.96. The Labute approximate surface area is 142 Å². The predicted molar refractivity (Wildman–Crippen MR) is 88.0 cm³/mol. The fourth-order valence-electron chi connectivity index (χ4n) is 4.25. The van der Waals surface area contributed by atoms with Crippen LogP contribution in [0.1, 0.15) is 38.5 Å². The molecule has 2 heterocycles. The van der Waals surface area contributed by atoms with Crippen LogP contribution in [0.3, 0.4) is 0 Å². The van der Waals surface area contributed by atoms with E-state index in [9.17, 15) is 13.2 Å². The van der Waals surface area contributed by atoms with Gasteiger partial charge < -0.3 is 9.64 Å². The average molecular weight is 365 g/mol. The fourth-order valence-corrected chi connectivity index (χ4v) is 5.31. The molecule has 0 aromatic heterocycles. The number of morpholine rings is 1. The Kier molecular flexibility index (Phi) is 5.21. The van der Waals surface area contributed by atoms with Gasteiger partial charge in [0.15, 0.2) is 0 Å². The van der Waals surface area contributed by atoms with E-state index in [1.165, 1.54) is 6.42 Å². The lowest BCUT2D eigenvalue weighted by Crippen LogP contribution is -2.60. The largest absolute Gasteiger partial charge is 0.379 e. The van der Waals surface area contributed by atoms with Crippen molar-refractivity contribution in [1.29, 1.82) is 0 Å². The number of hydrogen-bond acceptors (Lipinski definition) is 5. The second kappa shape index (κ2) is 6.86. The van der Waals surface area contributed by atoms with Gasteiger partial charge in [0, 0.05) is 48.8 Å². The molecule has 0 aromatic rings. The molecule has 132 valence electrons. The summed E-state index contributed by atoms with van der Waals surface area (Å²) >= 11 is 0. The van der Waals surface area contributed by atoms with Gasteiger partial charge in [-0.1, -0.05) is 19.3 Å². The van der Waals surface area contributed by atoms with Gasteiger partial charge in [-0.15, -0.1) is 0 Å². The highest BCUT2D eigenvalue weighted by Gasteiger charge is 2.45. The van der Waals surface area contributed by atoms with Crippen molar-refractivity contribution in [2.45, 2.75) is 49.3 Å². The molecule has 0 radical (unpaired) electrons. The summed E-state index contributed by atoms with van der Waals surface area (Å²) in [5.41, 5.74) is -0.0251. The minimum atomic E-state index is -3.68. The molecular weight excluding hydrogens is 340 g/mol. The lowest BCUT2D eigenvalue weighted by Gasteiger charge is -2.49. The van der Waals surface area contributed by atoms with E-state index < -0.39 is 14.3 Å². The summed E-state index contributed by atoms with van der Waals surface area (Å²) in [4.78, 5) is 16.5. The van der Waals surface area contributed by atoms with E-state index in [1.54, 1.807) is 4.90 Å². The van der Waals surface area contributed by atoms with Crippen LogP contribution < -0.4 is 0 Å². The molecule has 1 unspecified atom stereocenters. The molecule has 3 fully saturated rings. The van der Waals surface area contributed by atoms with Gasteiger partial charge in [0.05, 0.1) is 13.2 Å². The van der Waals surface area contributed by atoms with Crippen molar-refractivity contribution in [2.24, 2.45) is 0 Å². The van der Waals surface area contributed by atoms with Gasteiger partial charge >= 0.3 is 0 Å². The zero-order valence-electron chi connectivity index (χ0n) is 13.4. The number of hydrogen-bond donors (Lipinski definition) is 0.